The minimum atomic E-state index is -1.43. The van der Waals surface area contributed by atoms with Gasteiger partial charge in [0.2, 0.25) is 11.8 Å². The Bertz CT molecular complexity index is 966. The number of amides is 2. The van der Waals surface area contributed by atoms with Crippen molar-refractivity contribution in [2.24, 2.45) is 22.6 Å². The number of carbonyl (C=O) groups excluding carboxylic acids is 3. The molecule has 1 aromatic carbocycles. The Kier molecular flexibility index (Phi) is 11.3. The van der Waals surface area contributed by atoms with Gasteiger partial charge in [0.25, 0.3) is 0 Å². The van der Waals surface area contributed by atoms with Gasteiger partial charge in [-0.2, -0.15) is 0 Å². The molecular formula is C27H41N5O4. The van der Waals surface area contributed by atoms with Gasteiger partial charge in [0.1, 0.15) is 5.41 Å². The summed E-state index contributed by atoms with van der Waals surface area (Å²) in [5.41, 5.74) is 3.06. The van der Waals surface area contributed by atoms with Crippen molar-refractivity contribution < 1.29 is 19.6 Å². The van der Waals surface area contributed by atoms with E-state index in [0.29, 0.717) is 32.1 Å². The number of Topliss-reactive ketones (excluding diaryl/α,β-unsaturated/α-hetero) is 1. The van der Waals surface area contributed by atoms with Crippen molar-refractivity contribution in [3.05, 3.63) is 54.6 Å². The molecule has 9 nitrogen and oxygen atoms in total. The summed E-state index contributed by atoms with van der Waals surface area (Å²) in [7, 11) is 0. The first-order valence-electron chi connectivity index (χ1n) is 12.7. The third-order valence-corrected chi connectivity index (χ3v) is 7.26. The lowest BCUT2D eigenvalue weighted by molar-refractivity contribution is -0.151. The van der Waals surface area contributed by atoms with Crippen molar-refractivity contribution in [3.63, 3.8) is 0 Å². The highest BCUT2D eigenvalue weighted by molar-refractivity contribution is 6.06. The van der Waals surface area contributed by atoms with Gasteiger partial charge in [-0.3, -0.25) is 25.0 Å². The molecule has 0 radical (unpaired) electrons. The fraction of sp³-hybridized carbons (Fsp3) is 0.556. The Hall–Kier alpha value is -3.04. The number of imidazole rings is 1. The number of nitrogens with zero attached hydrogens (tertiary/aromatic N) is 2. The first-order chi connectivity index (χ1) is 17.3. The van der Waals surface area contributed by atoms with Crippen LogP contribution in [0.4, 0.5) is 0 Å². The van der Waals surface area contributed by atoms with E-state index < -0.39 is 28.6 Å². The van der Waals surface area contributed by atoms with Crippen LogP contribution >= 0.6 is 0 Å². The SMILES string of the molecule is CCCC(C[C@](C)(CCC)[C@H](CCCc1ccccc1)C(=O)NO)(C(=O)Cn1ccnc1)C(=O)NN. The van der Waals surface area contributed by atoms with Gasteiger partial charge in [0.15, 0.2) is 5.78 Å². The second-order valence-corrected chi connectivity index (χ2v) is 9.95. The van der Waals surface area contributed by atoms with Crippen molar-refractivity contribution in [2.75, 3.05) is 0 Å². The van der Waals surface area contributed by atoms with Crippen LogP contribution in [-0.2, 0) is 27.3 Å². The number of rotatable bonds is 16. The summed E-state index contributed by atoms with van der Waals surface area (Å²) in [6.07, 6.45) is 9.13. The number of hydrogen-bond acceptors (Lipinski definition) is 6. The van der Waals surface area contributed by atoms with E-state index in [9.17, 15) is 19.6 Å². The summed E-state index contributed by atoms with van der Waals surface area (Å²) in [5.74, 6) is 3.68. The van der Waals surface area contributed by atoms with Crippen LogP contribution in [-0.4, -0.2) is 32.4 Å². The second kappa shape index (κ2) is 13.9. The number of carbonyl (C=O) groups is 3. The van der Waals surface area contributed by atoms with E-state index in [1.807, 2.05) is 56.6 Å². The summed E-state index contributed by atoms with van der Waals surface area (Å²) in [5, 5.41) is 9.61. The molecule has 36 heavy (non-hydrogen) atoms. The summed E-state index contributed by atoms with van der Waals surface area (Å²) >= 11 is 0. The van der Waals surface area contributed by atoms with Crippen LogP contribution in [0, 0.1) is 16.7 Å². The number of nitrogens with one attached hydrogen (secondary N) is 2. The van der Waals surface area contributed by atoms with E-state index in [1.165, 1.54) is 6.33 Å². The number of hydroxylamine groups is 1. The van der Waals surface area contributed by atoms with Crippen molar-refractivity contribution in [1.82, 2.24) is 20.5 Å². The first kappa shape index (κ1) is 29.2. The predicted octanol–water partition coefficient (Wildman–Crippen LogP) is 3.57. The molecule has 1 heterocycles. The lowest BCUT2D eigenvalue weighted by Crippen LogP contribution is -2.54. The van der Waals surface area contributed by atoms with Gasteiger partial charge in [0.05, 0.1) is 12.9 Å². The van der Waals surface area contributed by atoms with Gasteiger partial charge < -0.3 is 4.57 Å². The van der Waals surface area contributed by atoms with Crippen LogP contribution in [0.2, 0.25) is 0 Å². The van der Waals surface area contributed by atoms with Gasteiger partial charge in [-0.25, -0.2) is 16.3 Å². The maximum Gasteiger partial charge on any atom is 0.247 e. The number of aromatic nitrogens is 2. The van der Waals surface area contributed by atoms with Gasteiger partial charge in [-0.05, 0) is 49.5 Å². The fourth-order valence-electron chi connectivity index (χ4n) is 5.58. The van der Waals surface area contributed by atoms with Gasteiger partial charge in [0, 0.05) is 18.3 Å². The van der Waals surface area contributed by atoms with E-state index in [4.69, 9.17) is 5.84 Å². The molecule has 0 fully saturated rings. The minimum absolute atomic E-state index is 0.0273. The number of nitrogens with two attached hydrogens (primary N) is 1. The third kappa shape index (κ3) is 7.24. The van der Waals surface area contributed by atoms with Gasteiger partial charge in [-0.1, -0.05) is 63.9 Å². The Labute approximate surface area is 213 Å². The Morgan fingerprint density at radius 2 is 1.83 bits per heavy atom. The monoisotopic (exact) mass is 499 g/mol. The molecule has 3 atom stereocenters. The summed E-state index contributed by atoms with van der Waals surface area (Å²) in [6, 6.07) is 9.99. The summed E-state index contributed by atoms with van der Waals surface area (Å²) in [6.45, 7) is 5.84. The molecule has 1 aromatic heterocycles. The van der Waals surface area contributed by atoms with E-state index in [2.05, 4.69) is 10.4 Å². The van der Waals surface area contributed by atoms with E-state index in [1.54, 1.807) is 17.0 Å². The molecule has 5 N–H and O–H groups in total. The van der Waals surface area contributed by atoms with Crippen molar-refractivity contribution >= 4 is 17.6 Å². The molecule has 1 unspecified atom stereocenters. The smallest absolute Gasteiger partial charge is 0.247 e. The van der Waals surface area contributed by atoms with Crippen LogP contribution in [0.3, 0.4) is 0 Å². The Balaban J connectivity index is 2.43. The topological polar surface area (TPSA) is 139 Å². The lowest BCUT2D eigenvalue weighted by atomic mass is 9.59. The number of ketones is 1. The van der Waals surface area contributed by atoms with Crippen LogP contribution in [0.1, 0.15) is 71.3 Å². The number of benzene rings is 1. The van der Waals surface area contributed by atoms with Crippen LogP contribution in [0.5, 0.6) is 0 Å². The molecule has 0 bridgehead atoms. The van der Waals surface area contributed by atoms with Crippen LogP contribution in [0.25, 0.3) is 0 Å². The molecule has 0 saturated heterocycles. The van der Waals surface area contributed by atoms with E-state index in [0.717, 1.165) is 18.4 Å². The summed E-state index contributed by atoms with van der Waals surface area (Å²) < 4.78 is 1.63. The van der Waals surface area contributed by atoms with Crippen LogP contribution < -0.4 is 16.7 Å². The normalized spacial score (nSPS) is 15.4. The number of hydrogen-bond donors (Lipinski definition) is 4. The van der Waals surface area contributed by atoms with Gasteiger partial charge >= 0.3 is 0 Å². The zero-order chi connectivity index (χ0) is 26.6. The number of aryl methyl sites for hydroxylation is 1. The van der Waals surface area contributed by atoms with Crippen LogP contribution in [0.15, 0.2) is 49.1 Å². The minimum Gasteiger partial charge on any atom is -0.330 e. The molecule has 2 amide bonds. The van der Waals surface area contributed by atoms with Crippen molar-refractivity contribution in [3.8, 4) is 0 Å². The average Bonchev–Trinajstić information content (AvgIpc) is 3.39. The Morgan fingerprint density at radius 3 is 2.39 bits per heavy atom. The second-order valence-electron chi connectivity index (χ2n) is 9.95. The molecule has 0 aliphatic heterocycles. The average molecular weight is 500 g/mol. The third-order valence-electron chi connectivity index (χ3n) is 7.26. The molecule has 0 aliphatic carbocycles. The highest BCUT2D eigenvalue weighted by Gasteiger charge is 2.51. The number of hydrazine groups is 1. The Morgan fingerprint density at radius 1 is 1.14 bits per heavy atom. The quantitative estimate of drug-likeness (QED) is 0.0915. The molecular weight excluding hydrogens is 458 g/mol. The molecule has 0 aliphatic rings. The first-order valence-corrected chi connectivity index (χ1v) is 12.7. The highest BCUT2D eigenvalue weighted by Crippen LogP contribution is 2.48. The molecule has 2 rings (SSSR count). The van der Waals surface area contributed by atoms with Crippen molar-refractivity contribution in [2.45, 2.75) is 78.7 Å². The van der Waals surface area contributed by atoms with E-state index in [-0.39, 0.29) is 18.7 Å². The highest BCUT2D eigenvalue weighted by atomic mass is 16.5. The maximum absolute atomic E-state index is 13.8. The largest absolute Gasteiger partial charge is 0.330 e. The van der Waals surface area contributed by atoms with Crippen molar-refractivity contribution in [1.29, 1.82) is 0 Å². The molecule has 2 aromatic rings. The maximum atomic E-state index is 13.8. The molecule has 0 saturated carbocycles. The molecule has 0 spiro atoms. The fourth-order valence-corrected chi connectivity index (χ4v) is 5.58. The van der Waals surface area contributed by atoms with E-state index >= 15 is 0 Å². The zero-order valence-corrected chi connectivity index (χ0v) is 21.7. The summed E-state index contributed by atoms with van der Waals surface area (Å²) in [4.78, 5) is 44.1. The molecule has 198 valence electrons. The van der Waals surface area contributed by atoms with Gasteiger partial charge in [-0.15, -0.1) is 0 Å². The predicted molar refractivity (Wildman–Crippen MR) is 137 cm³/mol. The zero-order valence-electron chi connectivity index (χ0n) is 21.7. The standard InChI is InChI=1S/C27H41N5O4/c1-4-14-26(3,22(24(34)31-36)13-9-12-21-10-7-6-8-11-21)19-27(15-5-2,25(35)30-28)23(33)18-32-17-16-29-20-32/h6-8,10-11,16-17,20,22,36H,4-5,9,12-15,18-19,28H2,1-3H3,(H,30,35)(H,31,34)/t22-,26+,27?/m1/s1. The lowest BCUT2D eigenvalue weighted by Gasteiger charge is -2.43. The molecule has 9 heteroatoms.